The van der Waals surface area contributed by atoms with Gasteiger partial charge in [-0.1, -0.05) is 0 Å². The number of rotatable bonds is 11. The van der Waals surface area contributed by atoms with Crippen molar-refractivity contribution >= 4 is 42.3 Å². The predicted octanol–water partition coefficient (Wildman–Crippen LogP) is 5.50. The second-order valence-electron chi connectivity index (χ2n) is 9.58. The molecule has 0 amide bonds. The van der Waals surface area contributed by atoms with Crippen LogP contribution in [0.1, 0.15) is 12.8 Å². The second kappa shape index (κ2) is 9.07. The molecular weight excluding hydrogens is 399 g/mol. The maximum Gasteiger partial charge on any atom is 0.317 e. The summed E-state index contributed by atoms with van der Waals surface area (Å²) in [5.74, 6) is 0. The van der Waals surface area contributed by atoms with Crippen molar-refractivity contribution in [1.82, 2.24) is 0 Å². The summed E-state index contributed by atoms with van der Waals surface area (Å²) in [7, 11) is -10.5. The molecule has 0 bridgehead atoms. The molecule has 0 heterocycles. The van der Waals surface area contributed by atoms with Gasteiger partial charge in [-0.05, 0) is 84.5 Å². The number of hydrogen-bond donors (Lipinski definition) is 0. The first-order valence-electron chi connectivity index (χ1n) is 9.06. The lowest BCUT2D eigenvalue weighted by molar-refractivity contribution is 0.292. The molecule has 0 rings (SSSR count). The Kier molecular flexibility index (Phi) is 9.22. The summed E-state index contributed by atoms with van der Waals surface area (Å²) in [5, 5.41) is 8.90. The highest BCUT2D eigenvalue weighted by Crippen LogP contribution is 2.29. The first kappa shape index (κ1) is 25.4. The van der Waals surface area contributed by atoms with E-state index in [9.17, 15) is 0 Å². The molecule has 0 atom stereocenters. The van der Waals surface area contributed by atoms with E-state index in [0.717, 1.165) is 12.5 Å². The van der Waals surface area contributed by atoms with Crippen LogP contribution in [-0.2, 0) is 16.5 Å². The monoisotopic (exact) mass is 437 g/mol. The normalized spacial score (nSPS) is 14.5. The Balaban J connectivity index is 5.33. The van der Waals surface area contributed by atoms with Crippen molar-refractivity contribution < 1.29 is 16.5 Å². The van der Waals surface area contributed by atoms with E-state index in [1.165, 1.54) is 0 Å². The van der Waals surface area contributed by atoms with Crippen LogP contribution in [0.4, 0.5) is 0 Å². The van der Waals surface area contributed by atoms with Crippen molar-refractivity contribution in [2.24, 2.45) is 0 Å². The Morgan fingerprint density at radius 2 is 1.00 bits per heavy atom. The molecule has 0 aromatic rings. The highest BCUT2D eigenvalue weighted by molar-refractivity contribution is 6.90. The maximum atomic E-state index is 8.90. The van der Waals surface area contributed by atoms with Gasteiger partial charge in [0.15, 0.2) is 16.6 Å². The molecule has 25 heavy (non-hydrogen) atoms. The minimum Gasteiger partial charge on any atom is -0.437 e. The van der Waals surface area contributed by atoms with E-state index in [4.69, 9.17) is 21.7 Å². The van der Waals surface area contributed by atoms with Crippen molar-refractivity contribution in [3.05, 3.63) is 0 Å². The standard InChI is InChI=1S/C15H39NO4Si5/c1-21(2,3)17-23(7,8)19-25(11,15-13-12-14-16)20-24(9,10)18-22(4,5)6/h12-13,15H2,1-11H3. The lowest BCUT2D eigenvalue weighted by Gasteiger charge is -2.43. The lowest BCUT2D eigenvalue weighted by atomic mass is 10.4. The van der Waals surface area contributed by atoms with Gasteiger partial charge in [0.2, 0.25) is 0 Å². The van der Waals surface area contributed by atoms with Gasteiger partial charge in [-0.2, -0.15) is 5.26 Å². The van der Waals surface area contributed by atoms with Crippen LogP contribution in [0, 0.1) is 11.3 Å². The molecule has 0 aromatic carbocycles. The van der Waals surface area contributed by atoms with Crippen LogP contribution in [0.2, 0.25) is 78.1 Å². The van der Waals surface area contributed by atoms with E-state index in [0.29, 0.717) is 6.42 Å². The fourth-order valence-electron chi connectivity index (χ4n) is 3.17. The molecule has 0 unspecified atom stereocenters. The molecule has 0 aromatic heterocycles. The zero-order chi connectivity index (χ0) is 20.2. The van der Waals surface area contributed by atoms with Gasteiger partial charge in [-0.15, -0.1) is 0 Å². The summed E-state index contributed by atoms with van der Waals surface area (Å²) in [5.41, 5.74) is 0. The summed E-state index contributed by atoms with van der Waals surface area (Å²) in [6.07, 6.45) is 1.33. The zero-order valence-corrected chi connectivity index (χ0v) is 23.2. The Labute approximate surface area is 161 Å². The van der Waals surface area contributed by atoms with Crippen molar-refractivity contribution in [2.75, 3.05) is 0 Å². The van der Waals surface area contributed by atoms with Gasteiger partial charge < -0.3 is 16.5 Å². The van der Waals surface area contributed by atoms with Gasteiger partial charge in [0, 0.05) is 6.42 Å². The molecule has 0 N–H and O–H groups in total. The van der Waals surface area contributed by atoms with Gasteiger partial charge in [0.25, 0.3) is 0 Å². The first-order chi connectivity index (χ1) is 10.9. The number of nitrogens with zero attached hydrogens (tertiary/aromatic N) is 1. The molecule has 0 aliphatic rings. The molecule has 5 nitrogen and oxygen atoms in total. The van der Waals surface area contributed by atoms with Gasteiger partial charge in [0.05, 0.1) is 6.07 Å². The van der Waals surface area contributed by atoms with E-state index in [2.05, 4.69) is 78.1 Å². The van der Waals surface area contributed by atoms with E-state index in [1.807, 2.05) is 0 Å². The summed E-state index contributed by atoms with van der Waals surface area (Å²) in [6, 6.07) is 3.03. The SMILES string of the molecule is C[Si](C)(C)O[Si](C)(C)O[Si](C)(CCCC#N)O[Si](C)(C)O[Si](C)(C)C. The van der Waals surface area contributed by atoms with Crippen LogP contribution in [0.5, 0.6) is 0 Å². The molecule has 0 fully saturated rings. The molecule has 0 spiro atoms. The first-order valence-corrected chi connectivity index (χ1v) is 24.0. The average Bonchev–Trinajstić information content (AvgIpc) is 2.18. The average molecular weight is 438 g/mol. The molecule has 0 saturated carbocycles. The second-order valence-corrected chi connectivity index (χ2v) is 29.7. The van der Waals surface area contributed by atoms with Crippen LogP contribution in [-0.4, -0.2) is 42.3 Å². The largest absolute Gasteiger partial charge is 0.437 e. The van der Waals surface area contributed by atoms with Crippen molar-refractivity contribution in [1.29, 1.82) is 5.26 Å². The molecular formula is C15H39NO4Si5. The highest BCUT2D eigenvalue weighted by Gasteiger charge is 2.46. The van der Waals surface area contributed by atoms with Crippen molar-refractivity contribution in [2.45, 2.75) is 90.9 Å². The van der Waals surface area contributed by atoms with E-state index in [1.54, 1.807) is 0 Å². The van der Waals surface area contributed by atoms with E-state index >= 15 is 0 Å². The number of hydrogen-bond acceptors (Lipinski definition) is 5. The predicted molar refractivity (Wildman–Crippen MR) is 117 cm³/mol. The van der Waals surface area contributed by atoms with Crippen LogP contribution < -0.4 is 0 Å². The van der Waals surface area contributed by atoms with Gasteiger partial charge >= 0.3 is 25.7 Å². The quantitative estimate of drug-likeness (QED) is 0.315. The van der Waals surface area contributed by atoms with Crippen molar-refractivity contribution in [3.8, 4) is 6.07 Å². The van der Waals surface area contributed by atoms with E-state index < -0.39 is 42.3 Å². The highest BCUT2D eigenvalue weighted by atomic mass is 28.5. The summed E-state index contributed by atoms with van der Waals surface area (Å²) < 4.78 is 26.0. The molecule has 0 radical (unpaired) electrons. The third-order valence-electron chi connectivity index (χ3n) is 2.95. The Morgan fingerprint density at radius 3 is 1.28 bits per heavy atom. The summed E-state index contributed by atoms with van der Waals surface area (Å²) >= 11 is 0. The van der Waals surface area contributed by atoms with Crippen molar-refractivity contribution in [3.63, 3.8) is 0 Å². The number of nitriles is 1. The topological polar surface area (TPSA) is 60.7 Å². The van der Waals surface area contributed by atoms with Crippen LogP contribution >= 0.6 is 0 Å². The molecule has 10 heteroatoms. The Bertz CT molecular complexity index is 436. The molecule has 0 saturated heterocycles. The fraction of sp³-hybridized carbons (Fsp3) is 0.933. The minimum atomic E-state index is -2.49. The lowest BCUT2D eigenvalue weighted by Crippen LogP contribution is -2.59. The van der Waals surface area contributed by atoms with Gasteiger partial charge in [-0.25, -0.2) is 0 Å². The third-order valence-corrected chi connectivity index (χ3v) is 20.4. The minimum absolute atomic E-state index is 0.531. The zero-order valence-electron chi connectivity index (χ0n) is 18.2. The molecule has 0 aliphatic heterocycles. The molecule has 0 aliphatic carbocycles. The van der Waals surface area contributed by atoms with Gasteiger partial charge in [0.1, 0.15) is 0 Å². The summed E-state index contributed by atoms with van der Waals surface area (Å²) in [6.45, 7) is 23.7. The van der Waals surface area contributed by atoms with Crippen LogP contribution in [0.25, 0.3) is 0 Å². The Hall–Kier alpha value is 0.414. The third kappa shape index (κ3) is 13.3. The summed E-state index contributed by atoms with van der Waals surface area (Å²) in [4.78, 5) is 0. The van der Waals surface area contributed by atoms with Gasteiger partial charge in [-0.3, -0.25) is 0 Å². The maximum absolute atomic E-state index is 8.90. The van der Waals surface area contributed by atoms with E-state index in [-0.39, 0.29) is 0 Å². The Morgan fingerprint density at radius 1 is 0.640 bits per heavy atom. The molecule has 148 valence electrons. The smallest absolute Gasteiger partial charge is 0.317 e. The van der Waals surface area contributed by atoms with Crippen LogP contribution in [0.3, 0.4) is 0 Å². The fourth-order valence-corrected chi connectivity index (χ4v) is 26.5. The van der Waals surface area contributed by atoms with Crippen LogP contribution in [0.15, 0.2) is 0 Å². The number of unbranched alkanes of at least 4 members (excludes halogenated alkanes) is 1.